The summed E-state index contributed by atoms with van der Waals surface area (Å²) in [6.45, 7) is 9.89. The zero-order valence-electron chi connectivity index (χ0n) is 13.6. The largest absolute Gasteiger partial charge is 0.368 e. The lowest BCUT2D eigenvalue weighted by atomic mass is 10.2. The number of rotatable bonds is 4. The highest BCUT2D eigenvalue weighted by molar-refractivity contribution is 5.93. The molecule has 2 heterocycles. The maximum atomic E-state index is 12.4. The number of pyridine rings is 1. The molecule has 0 saturated carbocycles. The third-order valence-corrected chi connectivity index (χ3v) is 4.10. The first-order chi connectivity index (χ1) is 10.6. The molecule has 120 valence electrons. The Kier molecular flexibility index (Phi) is 5.35. The first kappa shape index (κ1) is 16.3. The summed E-state index contributed by atoms with van der Waals surface area (Å²) in [5.74, 6) is 0.0843. The third-order valence-electron chi connectivity index (χ3n) is 4.10. The lowest BCUT2D eigenvalue weighted by Gasteiger charge is -2.35. The smallest absolute Gasteiger partial charge is 0.272 e. The maximum Gasteiger partial charge on any atom is 0.272 e. The number of carbonyl (C=O) groups excluding carboxylic acids is 2. The molecule has 1 fully saturated rings. The van der Waals surface area contributed by atoms with E-state index in [1.165, 1.54) is 0 Å². The molecule has 1 saturated heterocycles. The molecule has 0 bridgehead atoms. The summed E-state index contributed by atoms with van der Waals surface area (Å²) in [7, 11) is 0. The van der Waals surface area contributed by atoms with Crippen LogP contribution in [0.3, 0.4) is 0 Å². The second-order valence-corrected chi connectivity index (χ2v) is 5.37. The van der Waals surface area contributed by atoms with Crippen LogP contribution in [0.5, 0.6) is 0 Å². The van der Waals surface area contributed by atoms with E-state index in [-0.39, 0.29) is 11.8 Å². The van der Waals surface area contributed by atoms with E-state index in [1.54, 1.807) is 18.0 Å². The summed E-state index contributed by atoms with van der Waals surface area (Å²) in [6.07, 6.45) is 1.68. The SMILES string of the molecule is CCN(CC)C(=O)c1cc(N2CCN(C(C)=O)CC2)ccn1. The van der Waals surface area contributed by atoms with Crippen LogP contribution in [0.15, 0.2) is 18.3 Å². The molecular formula is C16H24N4O2. The van der Waals surface area contributed by atoms with E-state index in [1.807, 2.05) is 30.9 Å². The van der Waals surface area contributed by atoms with Crippen molar-refractivity contribution in [1.29, 1.82) is 0 Å². The number of amides is 2. The predicted octanol–water partition coefficient (Wildman–Crippen LogP) is 1.23. The average Bonchev–Trinajstić information content (AvgIpc) is 2.56. The monoisotopic (exact) mass is 304 g/mol. The first-order valence-electron chi connectivity index (χ1n) is 7.82. The summed E-state index contributed by atoms with van der Waals surface area (Å²) in [5, 5.41) is 0. The molecule has 0 aromatic carbocycles. The Hall–Kier alpha value is -2.11. The molecule has 6 heteroatoms. The Morgan fingerprint density at radius 1 is 1.18 bits per heavy atom. The van der Waals surface area contributed by atoms with Crippen LogP contribution in [-0.4, -0.2) is 65.9 Å². The summed E-state index contributed by atoms with van der Waals surface area (Å²) in [5.41, 5.74) is 1.48. The fraction of sp³-hybridized carbons (Fsp3) is 0.562. The summed E-state index contributed by atoms with van der Waals surface area (Å²) >= 11 is 0. The van der Waals surface area contributed by atoms with E-state index < -0.39 is 0 Å². The minimum atomic E-state index is -0.0331. The second kappa shape index (κ2) is 7.24. The number of piperazine rings is 1. The topological polar surface area (TPSA) is 56.8 Å². The first-order valence-corrected chi connectivity index (χ1v) is 7.82. The van der Waals surface area contributed by atoms with Crippen LogP contribution in [0.4, 0.5) is 5.69 Å². The Balaban J connectivity index is 2.09. The van der Waals surface area contributed by atoms with Crippen LogP contribution in [0.25, 0.3) is 0 Å². The molecule has 0 radical (unpaired) electrons. The van der Waals surface area contributed by atoms with Gasteiger partial charge in [0.1, 0.15) is 5.69 Å². The van der Waals surface area contributed by atoms with E-state index in [2.05, 4.69) is 9.88 Å². The predicted molar refractivity (Wildman–Crippen MR) is 86.0 cm³/mol. The van der Waals surface area contributed by atoms with Crippen LogP contribution in [0.2, 0.25) is 0 Å². The van der Waals surface area contributed by atoms with Gasteiger partial charge in [-0.2, -0.15) is 0 Å². The van der Waals surface area contributed by atoms with Crippen LogP contribution >= 0.6 is 0 Å². The Morgan fingerprint density at radius 3 is 2.36 bits per heavy atom. The van der Waals surface area contributed by atoms with E-state index in [4.69, 9.17) is 0 Å². The van der Waals surface area contributed by atoms with Gasteiger partial charge in [-0.25, -0.2) is 0 Å². The quantitative estimate of drug-likeness (QED) is 0.839. The molecule has 1 aromatic heterocycles. The molecule has 0 spiro atoms. The number of nitrogens with zero attached hydrogens (tertiary/aromatic N) is 4. The van der Waals surface area contributed by atoms with Crippen LogP contribution < -0.4 is 4.90 Å². The van der Waals surface area contributed by atoms with E-state index in [0.717, 1.165) is 31.9 Å². The number of hydrogen-bond donors (Lipinski definition) is 0. The molecule has 1 aliphatic rings. The van der Waals surface area contributed by atoms with Crippen molar-refractivity contribution in [2.24, 2.45) is 0 Å². The van der Waals surface area contributed by atoms with Crippen LogP contribution in [0, 0.1) is 0 Å². The van der Waals surface area contributed by atoms with Gasteiger partial charge < -0.3 is 14.7 Å². The second-order valence-electron chi connectivity index (χ2n) is 5.37. The normalized spacial score (nSPS) is 14.9. The van der Waals surface area contributed by atoms with Crippen molar-refractivity contribution in [3.05, 3.63) is 24.0 Å². The van der Waals surface area contributed by atoms with E-state index in [9.17, 15) is 9.59 Å². The van der Waals surface area contributed by atoms with Crippen molar-refractivity contribution in [1.82, 2.24) is 14.8 Å². The minimum Gasteiger partial charge on any atom is -0.368 e. The molecule has 0 N–H and O–H groups in total. The van der Waals surface area contributed by atoms with Gasteiger partial charge >= 0.3 is 0 Å². The van der Waals surface area contributed by atoms with Gasteiger partial charge in [0.25, 0.3) is 5.91 Å². The summed E-state index contributed by atoms with van der Waals surface area (Å²) in [4.78, 5) is 33.8. The zero-order valence-corrected chi connectivity index (χ0v) is 13.6. The maximum absolute atomic E-state index is 12.4. The van der Waals surface area contributed by atoms with E-state index in [0.29, 0.717) is 18.8 Å². The highest BCUT2D eigenvalue weighted by Crippen LogP contribution is 2.17. The molecule has 22 heavy (non-hydrogen) atoms. The Morgan fingerprint density at radius 2 is 1.82 bits per heavy atom. The molecule has 0 unspecified atom stereocenters. The van der Waals surface area contributed by atoms with Crippen molar-refractivity contribution < 1.29 is 9.59 Å². The minimum absolute atomic E-state index is 0.0331. The molecule has 1 aromatic rings. The lowest BCUT2D eigenvalue weighted by molar-refractivity contribution is -0.129. The lowest BCUT2D eigenvalue weighted by Crippen LogP contribution is -2.48. The van der Waals surface area contributed by atoms with Crippen molar-refractivity contribution in [2.75, 3.05) is 44.2 Å². The van der Waals surface area contributed by atoms with Crippen LogP contribution in [-0.2, 0) is 4.79 Å². The van der Waals surface area contributed by atoms with Gasteiger partial charge in [-0.15, -0.1) is 0 Å². The zero-order chi connectivity index (χ0) is 16.1. The van der Waals surface area contributed by atoms with Gasteiger partial charge in [0.15, 0.2) is 0 Å². The van der Waals surface area contributed by atoms with Crippen molar-refractivity contribution >= 4 is 17.5 Å². The molecule has 0 aliphatic carbocycles. The van der Waals surface area contributed by atoms with Gasteiger partial charge in [0.2, 0.25) is 5.91 Å². The number of aromatic nitrogens is 1. The van der Waals surface area contributed by atoms with Crippen molar-refractivity contribution in [3.63, 3.8) is 0 Å². The summed E-state index contributed by atoms with van der Waals surface area (Å²) in [6, 6.07) is 3.77. The van der Waals surface area contributed by atoms with E-state index >= 15 is 0 Å². The number of anilines is 1. The highest BCUT2D eigenvalue weighted by Gasteiger charge is 2.20. The van der Waals surface area contributed by atoms with Gasteiger partial charge in [-0.3, -0.25) is 14.6 Å². The highest BCUT2D eigenvalue weighted by atomic mass is 16.2. The van der Waals surface area contributed by atoms with Gasteiger partial charge in [0.05, 0.1) is 0 Å². The molecule has 2 amide bonds. The molecule has 6 nitrogen and oxygen atoms in total. The number of hydrogen-bond acceptors (Lipinski definition) is 4. The van der Waals surface area contributed by atoms with Gasteiger partial charge in [0, 0.05) is 58.1 Å². The number of carbonyl (C=O) groups is 2. The van der Waals surface area contributed by atoms with Crippen molar-refractivity contribution in [2.45, 2.75) is 20.8 Å². The fourth-order valence-corrected chi connectivity index (χ4v) is 2.69. The molecule has 0 atom stereocenters. The third kappa shape index (κ3) is 3.55. The standard InChI is InChI=1S/C16H24N4O2/c1-4-18(5-2)16(22)15-12-14(6-7-17-15)20-10-8-19(9-11-20)13(3)21/h6-7,12H,4-5,8-11H2,1-3H3. The molecule has 1 aliphatic heterocycles. The van der Waals surface area contributed by atoms with Crippen molar-refractivity contribution in [3.8, 4) is 0 Å². The van der Waals surface area contributed by atoms with Gasteiger partial charge in [-0.05, 0) is 26.0 Å². The fourth-order valence-electron chi connectivity index (χ4n) is 2.69. The Bertz CT molecular complexity index is 535. The van der Waals surface area contributed by atoms with Crippen LogP contribution in [0.1, 0.15) is 31.3 Å². The van der Waals surface area contributed by atoms with Gasteiger partial charge in [-0.1, -0.05) is 0 Å². The molecular weight excluding hydrogens is 280 g/mol. The average molecular weight is 304 g/mol. The summed E-state index contributed by atoms with van der Waals surface area (Å²) < 4.78 is 0. The molecule has 2 rings (SSSR count). The Labute approximate surface area is 131 Å².